The molecule has 0 fully saturated rings. The molecule has 0 saturated carbocycles. The van der Waals surface area contributed by atoms with E-state index in [9.17, 15) is 15.0 Å². The van der Waals surface area contributed by atoms with E-state index in [0.717, 1.165) is 52.9 Å². The zero-order valence-corrected chi connectivity index (χ0v) is 22.1. The van der Waals surface area contributed by atoms with Crippen LogP contribution in [-0.4, -0.2) is 41.7 Å². The molecule has 2 aromatic carbocycles. The van der Waals surface area contributed by atoms with Crippen LogP contribution in [0, 0.1) is 11.8 Å². The molecule has 2 heterocycles. The SMILES string of the molecule is CCCCc1ccc2c(n1)[C@@H](c1ccc(OC)cc1C[C@H](C)CO)C(C(=O)O)[C@H]2c1ccc2c(c1)OCO2. The molecule has 7 nitrogen and oxygen atoms in total. The molecular formula is C31H35NO6. The topological polar surface area (TPSA) is 98.1 Å². The number of rotatable bonds is 10. The summed E-state index contributed by atoms with van der Waals surface area (Å²) < 4.78 is 16.6. The zero-order chi connectivity index (χ0) is 26.8. The monoisotopic (exact) mass is 517 g/mol. The molecule has 0 bridgehead atoms. The Balaban J connectivity index is 1.70. The fraction of sp³-hybridized carbons (Fsp3) is 0.419. The molecule has 0 amide bonds. The van der Waals surface area contributed by atoms with E-state index < -0.39 is 23.7 Å². The normalized spacial score (nSPS) is 20.3. The summed E-state index contributed by atoms with van der Waals surface area (Å²) in [5.41, 5.74) is 5.48. The summed E-state index contributed by atoms with van der Waals surface area (Å²) in [6, 6.07) is 15.6. The van der Waals surface area contributed by atoms with E-state index in [1.807, 2.05) is 49.4 Å². The molecule has 38 heavy (non-hydrogen) atoms. The molecule has 1 aromatic heterocycles. The minimum atomic E-state index is -0.872. The van der Waals surface area contributed by atoms with E-state index in [1.54, 1.807) is 7.11 Å². The number of aliphatic hydroxyl groups excluding tert-OH is 1. The van der Waals surface area contributed by atoms with Gasteiger partial charge in [0.1, 0.15) is 5.75 Å². The van der Waals surface area contributed by atoms with Crippen LogP contribution < -0.4 is 14.2 Å². The molecular weight excluding hydrogens is 482 g/mol. The number of benzene rings is 2. The quantitative estimate of drug-likeness (QED) is 0.376. The predicted octanol–water partition coefficient (Wildman–Crippen LogP) is 5.31. The van der Waals surface area contributed by atoms with Gasteiger partial charge >= 0.3 is 5.97 Å². The van der Waals surface area contributed by atoms with Crippen LogP contribution in [0.5, 0.6) is 17.2 Å². The molecule has 5 rings (SSSR count). The van der Waals surface area contributed by atoms with Crippen LogP contribution >= 0.6 is 0 Å². The van der Waals surface area contributed by atoms with Crippen molar-refractivity contribution in [1.82, 2.24) is 4.98 Å². The second-order valence-electron chi connectivity index (χ2n) is 10.4. The van der Waals surface area contributed by atoms with Crippen LogP contribution in [-0.2, 0) is 17.6 Å². The van der Waals surface area contributed by atoms with Crippen LogP contribution in [0.4, 0.5) is 0 Å². The maximum Gasteiger partial charge on any atom is 0.308 e. The predicted molar refractivity (Wildman–Crippen MR) is 143 cm³/mol. The lowest BCUT2D eigenvalue weighted by Gasteiger charge is -2.25. The molecule has 4 atom stereocenters. The lowest BCUT2D eigenvalue weighted by atomic mass is 9.78. The van der Waals surface area contributed by atoms with Crippen LogP contribution in [0.25, 0.3) is 0 Å². The molecule has 0 saturated heterocycles. The van der Waals surface area contributed by atoms with Crippen molar-refractivity contribution in [3.63, 3.8) is 0 Å². The number of unbranched alkanes of at least 4 members (excludes halogenated alkanes) is 1. The smallest absolute Gasteiger partial charge is 0.308 e. The average Bonchev–Trinajstić information content (AvgIpc) is 3.53. The molecule has 0 radical (unpaired) electrons. The van der Waals surface area contributed by atoms with E-state index >= 15 is 0 Å². The number of nitrogens with zero attached hydrogens (tertiary/aromatic N) is 1. The van der Waals surface area contributed by atoms with Gasteiger partial charge in [0, 0.05) is 24.1 Å². The Hall–Kier alpha value is -3.58. The van der Waals surface area contributed by atoms with Gasteiger partial charge in [-0.15, -0.1) is 0 Å². The number of hydrogen-bond donors (Lipinski definition) is 2. The maximum atomic E-state index is 13.1. The van der Waals surface area contributed by atoms with E-state index in [-0.39, 0.29) is 19.3 Å². The van der Waals surface area contributed by atoms with Gasteiger partial charge < -0.3 is 24.4 Å². The highest BCUT2D eigenvalue weighted by atomic mass is 16.7. The van der Waals surface area contributed by atoms with Crippen molar-refractivity contribution >= 4 is 5.97 Å². The highest BCUT2D eigenvalue weighted by molar-refractivity contribution is 5.77. The first-order chi connectivity index (χ1) is 18.4. The molecule has 2 aliphatic rings. The van der Waals surface area contributed by atoms with Crippen molar-refractivity contribution in [2.24, 2.45) is 11.8 Å². The third-order valence-corrected chi connectivity index (χ3v) is 7.76. The number of carboxylic acid groups (broad SMARTS) is 1. The number of aryl methyl sites for hydroxylation is 1. The minimum absolute atomic E-state index is 0.0125. The van der Waals surface area contributed by atoms with Crippen LogP contribution in [0.1, 0.15) is 72.2 Å². The maximum absolute atomic E-state index is 13.1. The third-order valence-electron chi connectivity index (χ3n) is 7.76. The first kappa shape index (κ1) is 26.0. The van der Waals surface area contributed by atoms with Gasteiger partial charge in [0.25, 0.3) is 0 Å². The summed E-state index contributed by atoms with van der Waals surface area (Å²) in [6.07, 6.45) is 3.53. The lowest BCUT2D eigenvalue weighted by molar-refractivity contribution is -0.142. The Morgan fingerprint density at radius 1 is 1.08 bits per heavy atom. The van der Waals surface area contributed by atoms with Gasteiger partial charge in [-0.3, -0.25) is 9.78 Å². The molecule has 3 aromatic rings. The number of methoxy groups -OCH3 is 1. The van der Waals surface area contributed by atoms with Gasteiger partial charge in [0.05, 0.1) is 18.7 Å². The molecule has 1 aliphatic heterocycles. The summed E-state index contributed by atoms with van der Waals surface area (Å²) in [6.45, 7) is 4.33. The number of aromatic nitrogens is 1. The summed E-state index contributed by atoms with van der Waals surface area (Å²) in [7, 11) is 1.62. The van der Waals surface area contributed by atoms with Crippen molar-refractivity contribution in [1.29, 1.82) is 0 Å². The van der Waals surface area contributed by atoms with Crippen molar-refractivity contribution in [3.05, 3.63) is 82.2 Å². The summed E-state index contributed by atoms with van der Waals surface area (Å²) in [4.78, 5) is 18.2. The second kappa shape index (κ2) is 11.0. The van der Waals surface area contributed by atoms with Crippen LogP contribution in [0.15, 0.2) is 48.5 Å². The molecule has 7 heteroatoms. The number of carboxylic acids is 1. The van der Waals surface area contributed by atoms with Crippen molar-refractivity contribution in [3.8, 4) is 17.2 Å². The first-order valence-electron chi connectivity index (χ1n) is 13.3. The second-order valence-corrected chi connectivity index (χ2v) is 10.4. The highest BCUT2D eigenvalue weighted by Gasteiger charge is 2.48. The van der Waals surface area contributed by atoms with Crippen LogP contribution in [0.3, 0.4) is 0 Å². The van der Waals surface area contributed by atoms with E-state index in [1.165, 1.54) is 0 Å². The Morgan fingerprint density at radius 2 is 1.87 bits per heavy atom. The zero-order valence-electron chi connectivity index (χ0n) is 22.1. The molecule has 1 aliphatic carbocycles. The van der Waals surface area contributed by atoms with E-state index in [2.05, 4.69) is 13.0 Å². The summed E-state index contributed by atoms with van der Waals surface area (Å²) in [5.74, 6) is -0.482. The molecule has 200 valence electrons. The Labute approximate surface area is 223 Å². The summed E-state index contributed by atoms with van der Waals surface area (Å²) in [5, 5.41) is 20.5. The fourth-order valence-corrected chi connectivity index (χ4v) is 5.84. The lowest BCUT2D eigenvalue weighted by Crippen LogP contribution is -2.25. The number of carbonyl (C=O) groups is 1. The van der Waals surface area contributed by atoms with Gasteiger partial charge in [-0.2, -0.15) is 0 Å². The van der Waals surface area contributed by atoms with Gasteiger partial charge in [-0.1, -0.05) is 38.5 Å². The van der Waals surface area contributed by atoms with E-state index in [4.69, 9.17) is 19.2 Å². The van der Waals surface area contributed by atoms with Gasteiger partial charge in [-0.05, 0) is 77.8 Å². The number of ether oxygens (including phenoxy) is 3. The van der Waals surface area contributed by atoms with Crippen molar-refractivity contribution < 1.29 is 29.2 Å². The van der Waals surface area contributed by atoms with Crippen molar-refractivity contribution in [2.75, 3.05) is 20.5 Å². The van der Waals surface area contributed by atoms with E-state index in [0.29, 0.717) is 23.7 Å². The standard InChI is InChI=1S/C31H35NO6/c1-4-5-6-21-8-10-24-27(19-7-12-25-26(15-19)38-17-37-25)29(31(34)35)28(30(24)32-21)23-11-9-22(36-3)14-20(23)13-18(2)16-33/h7-12,14-15,18,27-29,33H,4-6,13,16-17H2,1-3H3,(H,34,35)/t18-,27-,28-,29?/m0/s1. The Kier molecular flexibility index (Phi) is 7.56. The number of pyridine rings is 1. The fourth-order valence-electron chi connectivity index (χ4n) is 5.84. The Morgan fingerprint density at radius 3 is 2.61 bits per heavy atom. The number of hydrogen-bond acceptors (Lipinski definition) is 6. The van der Waals surface area contributed by atoms with Gasteiger partial charge in [0.2, 0.25) is 6.79 Å². The number of aliphatic carboxylic acids is 1. The third kappa shape index (κ3) is 4.83. The Bertz CT molecular complexity index is 1320. The summed E-state index contributed by atoms with van der Waals surface area (Å²) >= 11 is 0. The molecule has 2 N–H and O–H groups in total. The van der Waals surface area contributed by atoms with Crippen molar-refractivity contribution in [2.45, 2.75) is 51.4 Å². The largest absolute Gasteiger partial charge is 0.497 e. The van der Waals surface area contributed by atoms with Gasteiger partial charge in [-0.25, -0.2) is 0 Å². The highest BCUT2D eigenvalue weighted by Crippen LogP contribution is 2.54. The number of aliphatic hydroxyl groups is 1. The first-order valence-corrected chi connectivity index (χ1v) is 13.3. The minimum Gasteiger partial charge on any atom is -0.497 e. The van der Waals surface area contributed by atoms with Crippen LogP contribution in [0.2, 0.25) is 0 Å². The molecule has 1 unspecified atom stereocenters. The van der Waals surface area contributed by atoms with Gasteiger partial charge in [0.15, 0.2) is 11.5 Å². The molecule has 0 spiro atoms. The average molecular weight is 518 g/mol. The number of fused-ring (bicyclic) bond motifs is 2.